The molecule has 0 bridgehead atoms. The van der Waals surface area contributed by atoms with Gasteiger partial charge in [-0.25, -0.2) is 4.98 Å². The molecule has 0 unspecified atom stereocenters. The number of para-hydroxylation sites is 4. The molecule has 0 atom stereocenters. The molecular formula is C42H29IIrN5. The quantitative estimate of drug-likeness (QED) is 0.153. The summed E-state index contributed by atoms with van der Waals surface area (Å²) in [6.07, 6.45) is 1.77. The van der Waals surface area contributed by atoms with Crippen molar-refractivity contribution in [2.75, 3.05) is 0 Å². The van der Waals surface area contributed by atoms with Crippen LogP contribution in [0.3, 0.4) is 0 Å². The summed E-state index contributed by atoms with van der Waals surface area (Å²) in [4.78, 5) is 21.2. The Labute approximate surface area is 315 Å². The Balaban J connectivity index is 0.000000141. The standard InChI is InChI=1S/2C15H10N.C12H9N3.HI.Ir/c2*1-2-6-12(7-3-1)15-11-10-13-8-4-5-9-14(13)16-15;1-2-6-10-9(5-1)14-12(15-10)11-7-3-4-8-13-11;;/h2*1-6,8-11H;1-8H,(H,14,15);1H;/q2*-1;;;+3/p-1. The van der Waals surface area contributed by atoms with Crippen LogP contribution in [-0.2, 0) is 20.1 Å². The SMILES string of the molecule is [I-].[Ir+3].[c-]1ccccc1-c1ccc2ccccc2n1.[c-]1ccccc1-c1ccc2ccccc2n1.c1ccc(-c2nc3ccccc3[nH]2)nc1. The van der Waals surface area contributed by atoms with Gasteiger partial charge in [-0.05, 0) is 58.6 Å². The molecule has 0 radical (unpaired) electrons. The van der Waals surface area contributed by atoms with Gasteiger partial charge in [0.2, 0.25) is 0 Å². The van der Waals surface area contributed by atoms with Gasteiger partial charge in [-0.15, -0.1) is 71.8 Å². The molecule has 9 aromatic rings. The van der Waals surface area contributed by atoms with Crippen LogP contribution in [-0.4, -0.2) is 24.9 Å². The minimum Gasteiger partial charge on any atom is -1.00 e. The summed E-state index contributed by atoms with van der Waals surface area (Å²) in [6.45, 7) is 0. The van der Waals surface area contributed by atoms with Crippen molar-refractivity contribution in [3.8, 4) is 34.0 Å². The van der Waals surface area contributed by atoms with Crippen LogP contribution in [0.2, 0.25) is 0 Å². The molecule has 0 fully saturated rings. The second-order valence-electron chi connectivity index (χ2n) is 10.6. The number of halogens is 1. The average molecular weight is 923 g/mol. The average Bonchev–Trinajstić information content (AvgIpc) is 3.61. The van der Waals surface area contributed by atoms with Gasteiger partial charge in [-0.2, -0.15) is 0 Å². The van der Waals surface area contributed by atoms with E-state index in [0.29, 0.717) is 0 Å². The minimum atomic E-state index is 0. The van der Waals surface area contributed by atoms with Crippen molar-refractivity contribution >= 4 is 32.8 Å². The summed E-state index contributed by atoms with van der Waals surface area (Å²) in [5, 5.41) is 2.34. The van der Waals surface area contributed by atoms with E-state index < -0.39 is 0 Å². The topological polar surface area (TPSA) is 67.3 Å². The Hall–Kier alpha value is -5.08. The smallest absolute Gasteiger partial charge is 1.00 e. The van der Waals surface area contributed by atoms with Crippen LogP contribution in [0.25, 0.3) is 66.9 Å². The predicted molar refractivity (Wildman–Crippen MR) is 191 cm³/mol. The number of aromatic amines is 1. The van der Waals surface area contributed by atoms with Gasteiger partial charge < -0.3 is 29.0 Å². The van der Waals surface area contributed by atoms with Crippen LogP contribution in [0, 0.1) is 12.1 Å². The number of hydrogen-bond donors (Lipinski definition) is 1. The summed E-state index contributed by atoms with van der Waals surface area (Å²) < 4.78 is 0. The number of benzene rings is 5. The van der Waals surface area contributed by atoms with E-state index >= 15 is 0 Å². The molecular weight excluding hydrogens is 894 g/mol. The molecule has 4 heterocycles. The molecule has 4 aromatic heterocycles. The van der Waals surface area contributed by atoms with Gasteiger partial charge in [0.1, 0.15) is 5.69 Å². The van der Waals surface area contributed by atoms with E-state index in [0.717, 1.165) is 56.1 Å². The van der Waals surface area contributed by atoms with Crippen molar-refractivity contribution in [3.63, 3.8) is 0 Å². The van der Waals surface area contributed by atoms with Crippen LogP contribution < -0.4 is 24.0 Å². The molecule has 0 amide bonds. The first-order valence-electron chi connectivity index (χ1n) is 15.3. The molecule has 49 heavy (non-hydrogen) atoms. The first kappa shape index (κ1) is 35.2. The first-order valence-corrected chi connectivity index (χ1v) is 15.3. The monoisotopic (exact) mass is 923 g/mol. The summed E-state index contributed by atoms with van der Waals surface area (Å²) >= 11 is 0. The Morgan fingerprint density at radius 2 is 0.939 bits per heavy atom. The zero-order valence-corrected chi connectivity index (χ0v) is 30.7. The fourth-order valence-electron chi connectivity index (χ4n) is 5.11. The Morgan fingerprint density at radius 3 is 1.45 bits per heavy atom. The number of H-pyrrole nitrogens is 1. The molecule has 0 aliphatic carbocycles. The maximum atomic E-state index is 4.61. The fourth-order valence-corrected chi connectivity index (χ4v) is 5.11. The Bertz CT molecular complexity index is 2220. The minimum absolute atomic E-state index is 0. The first-order chi connectivity index (χ1) is 23.3. The molecule has 0 aliphatic rings. The number of pyridine rings is 3. The van der Waals surface area contributed by atoms with Crippen molar-refractivity contribution in [3.05, 3.63) is 182 Å². The van der Waals surface area contributed by atoms with Crippen molar-refractivity contribution in [1.82, 2.24) is 24.9 Å². The second kappa shape index (κ2) is 17.4. The predicted octanol–water partition coefficient (Wildman–Crippen LogP) is 7.03. The summed E-state index contributed by atoms with van der Waals surface area (Å²) in [5.74, 6) is 0.816. The maximum Gasteiger partial charge on any atom is 3.00 e. The number of imidazole rings is 1. The number of fused-ring (bicyclic) bond motifs is 3. The number of nitrogens with zero attached hydrogens (tertiary/aromatic N) is 4. The molecule has 5 nitrogen and oxygen atoms in total. The third-order valence-electron chi connectivity index (χ3n) is 7.46. The van der Waals surface area contributed by atoms with E-state index in [9.17, 15) is 0 Å². The van der Waals surface area contributed by atoms with E-state index in [1.54, 1.807) is 6.20 Å². The van der Waals surface area contributed by atoms with E-state index in [2.05, 4.69) is 61.3 Å². The molecule has 7 heteroatoms. The zero-order chi connectivity index (χ0) is 31.7. The van der Waals surface area contributed by atoms with Gasteiger partial charge in [0.15, 0.2) is 5.82 Å². The molecule has 238 valence electrons. The van der Waals surface area contributed by atoms with Gasteiger partial charge in [0.25, 0.3) is 0 Å². The molecule has 0 aliphatic heterocycles. The number of nitrogens with one attached hydrogen (secondary N) is 1. The summed E-state index contributed by atoms with van der Waals surface area (Å²) in [7, 11) is 0. The van der Waals surface area contributed by atoms with Crippen molar-refractivity contribution in [2.45, 2.75) is 0 Å². The Morgan fingerprint density at radius 1 is 0.429 bits per heavy atom. The van der Waals surface area contributed by atoms with Crippen LogP contribution in [0.1, 0.15) is 0 Å². The molecule has 0 saturated heterocycles. The molecule has 1 N–H and O–H groups in total. The van der Waals surface area contributed by atoms with Crippen LogP contribution in [0.4, 0.5) is 0 Å². The number of hydrogen-bond acceptors (Lipinski definition) is 4. The number of aromatic nitrogens is 5. The van der Waals surface area contributed by atoms with E-state index in [1.807, 2.05) is 140 Å². The molecule has 0 saturated carbocycles. The van der Waals surface area contributed by atoms with Gasteiger partial charge in [-0.1, -0.05) is 78.9 Å². The van der Waals surface area contributed by atoms with Gasteiger partial charge >= 0.3 is 20.1 Å². The van der Waals surface area contributed by atoms with Crippen molar-refractivity contribution in [1.29, 1.82) is 0 Å². The number of rotatable bonds is 3. The van der Waals surface area contributed by atoms with Gasteiger partial charge in [-0.3, -0.25) is 15.0 Å². The van der Waals surface area contributed by atoms with E-state index in [1.165, 1.54) is 10.8 Å². The third-order valence-corrected chi connectivity index (χ3v) is 7.46. The Kier molecular flexibility index (Phi) is 12.5. The van der Waals surface area contributed by atoms with Crippen LogP contribution in [0.5, 0.6) is 0 Å². The van der Waals surface area contributed by atoms with Crippen molar-refractivity contribution in [2.24, 2.45) is 0 Å². The molecule has 0 spiro atoms. The maximum absolute atomic E-state index is 4.61. The third kappa shape index (κ3) is 8.89. The molecule has 5 aromatic carbocycles. The van der Waals surface area contributed by atoms with Crippen LogP contribution >= 0.6 is 0 Å². The fraction of sp³-hybridized carbons (Fsp3) is 0. The van der Waals surface area contributed by atoms with Crippen LogP contribution in [0.15, 0.2) is 170 Å². The van der Waals surface area contributed by atoms with E-state index in [-0.39, 0.29) is 44.1 Å². The van der Waals surface area contributed by atoms with Gasteiger partial charge in [0, 0.05) is 6.20 Å². The summed E-state index contributed by atoms with van der Waals surface area (Å²) in [5.41, 5.74) is 8.94. The van der Waals surface area contributed by atoms with E-state index in [4.69, 9.17) is 0 Å². The second-order valence-corrected chi connectivity index (χ2v) is 10.6. The van der Waals surface area contributed by atoms with Gasteiger partial charge in [0.05, 0.1) is 22.1 Å². The normalized spacial score (nSPS) is 10.1. The largest absolute Gasteiger partial charge is 3.00 e. The molecule has 9 rings (SSSR count). The zero-order valence-electron chi connectivity index (χ0n) is 26.2. The van der Waals surface area contributed by atoms with Crippen molar-refractivity contribution < 1.29 is 44.1 Å². The summed E-state index contributed by atoms with van der Waals surface area (Å²) in [6, 6.07) is 60.5.